The van der Waals surface area contributed by atoms with Crippen LogP contribution in [0.25, 0.3) is 0 Å². The van der Waals surface area contributed by atoms with Crippen molar-refractivity contribution in [1.82, 2.24) is 0 Å². The molecule has 56 valence electrons. The molecule has 0 spiro atoms. The quantitative estimate of drug-likeness (QED) is 0.358. The SMILES string of the molecule is CCCC(N)S(=O)(=O)[O-].[Na+]. The van der Waals surface area contributed by atoms with Gasteiger partial charge in [-0.1, -0.05) is 13.3 Å². The van der Waals surface area contributed by atoms with Gasteiger partial charge in [-0.2, -0.15) is 0 Å². The normalized spacial score (nSPS) is 13.9. The van der Waals surface area contributed by atoms with E-state index in [0.29, 0.717) is 6.42 Å². The maximum atomic E-state index is 10.0. The fourth-order valence-electron chi connectivity index (χ4n) is 0.429. The van der Waals surface area contributed by atoms with E-state index < -0.39 is 15.5 Å². The van der Waals surface area contributed by atoms with Crippen LogP contribution in [-0.2, 0) is 10.1 Å². The Morgan fingerprint density at radius 2 is 2.00 bits per heavy atom. The molecule has 1 unspecified atom stereocenters. The average Bonchev–Trinajstić information content (AvgIpc) is 1.64. The van der Waals surface area contributed by atoms with E-state index >= 15 is 0 Å². The first-order valence-electron chi connectivity index (χ1n) is 2.68. The molecule has 0 saturated carbocycles. The van der Waals surface area contributed by atoms with Gasteiger partial charge in [0.15, 0.2) is 0 Å². The largest absolute Gasteiger partial charge is 1.00 e. The van der Waals surface area contributed by atoms with E-state index in [-0.39, 0.29) is 36.0 Å². The molecule has 2 N–H and O–H groups in total. The fourth-order valence-corrected chi connectivity index (χ4v) is 0.953. The van der Waals surface area contributed by atoms with E-state index in [2.05, 4.69) is 0 Å². The van der Waals surface area contributed by atoms with E-state index in [9.17, 15) is 13.0 Å². The van der Waals surface area contributed by atoms with Gasteiger partial charge in [0.1, 0.15) is 10.1 Å². The van der Waals surface area contributed by atoms with Crippen LogP contribution in [-0.4, -0.2) is 18.3 Å². The summed E-state index contributed by atoms with van der Waals surface area (Å²) in [4.78, 5) is 0. The number of hydrogen-bond donors (Lipinski definition) is 1. The first-order valence-corrected chi connectivity index (χ1v) is 4.16. The Bertz CT molecular complexity index is 167. The Balaban J connectivity index is 0. The summed E-state index contributed by atoms with van der Waals surface area (Å²) in [5.74, 6) is 0. The van der Waals surface area contributed by atoms with Crippen molar-refractivity contribution >= 4 is 10.1 Å². The molecule has 1 atom stereocenters. The Morgan fingerprint density at radius 1 is 1.60 bits per heavy atom. The molecular weight excluding hydrogens is 165 g/mol. The topological polar surface area (TPSA) is 83.2 Å². The van der Waals surface area contributed by atoms with Crippen molar-refractivity contribution in [1.29, 1.82) is 0 Å². The molecule has 0 aromatic carbocycles. The summed E-state index contributed by atoms with van der Waals surface area (Å²) in [7, 11) is -4.24. The zero-order valence-corrected chi connectivity index (χ0v) is 9.02. The van der Waals surface area contributed by atoms with E-state index in [0.717, 1.165) is 0 Å². The molecule has 0 aromatic heterocycles. The molecule has 0 heterocycles. The molecule has 0 aromatic rings. The molecule has 0 aliphatic carbocycles. The first kappa shape index (κ1) is 13.5. The molecule has 0 radical (unpaired) electrons. The molecule has 0 rings (SSSR count). The van der Waals surface area contributed by atoms with Gasteiger partial charge < -0.3 is 10.3 Å². The van der Waals surface area contributed by atoms with Gasteiger partial charge in [-0.3, -0.25) is 0 Å². The van der Waals surface area contributed by atoms with Gasteiger partial charge >= 0.3 is 29.6 Å². The van der Waals surface area contributed by atoms with Crippen LogP contribution in [0.2, 0.25) is 0 Å². The summed E-state index contributed by atoms with van der Waals surface area (Å²) in [6.45, 7) is 1.77. The van der Waals surface area contributed by atoms with Crippen molar-refractivity contribution < 1.29 is 42.5 Å². The minimum atomic E-state index is -4.24. The molecule has 0 fully saturated rings. The summed E-state index contributed by atoms with van der Waals surface area (Å²) >= 11 is 0. The van der Waals surface area contributed by atoms with Gasteiger partial charge in [0.25, 0.3) is 0 Å². The molecule has 0 saturated heterocycles. The second-order valence-corrected chi connectivity index (χ2v) is 3.41. The second-order valence-electron chi connectivity index (χ2n) is 1.82. The summed E-state index contributed by atoms with van der Waals surface area (Å²) in [5, 5.41) is -1.22. The third kappa shape index (κ3) is 5.64. The maximum Gasteiger partial charge on any atom is 1.00 e. The summed E-state index contributed by atoms with van der Waals surface area (Å²) in [5.41, 5.74) is 4.96. The van der Waals surface area contributed by atoms with E-state index in [4.69, 9.17) is 5.73 Å². The molecule has 0 amide bonds. The molecular formula is C4H10NNaO3S. The van der Waals surface area contributed by atoms with Gasteiger partial charge in [0.2, 0.25) is 0 Å². The Hall–Kier alpha value is 0.870. The van der Waals surface area contributed by atoms with Gasteiger partial charge in [0.05, 0.1) is 5.37 Å². The third-order valence-electron chi connectivity index (χ3n) is 0.944. The Labute approximate surface area is 83.2 Å². The van der Waals surface area contributed by atoms with Crippen LogP contribution in [0.4, 0.5) is 0 Å². The van der Waals surface area contributed by atoms with E-state index in [1.165, 1.54) is 0 Å². The number of rotatable bonds is 3. The zero-order chi connectivity index (χ0) is 7.49. The van der Waals surface area contributed by atoms with Crippen LogP contribution in [0.3, 0.4) is 0 Å². The van der Waals surface area contributed by atoms with Crippen LogP contribution < -0.4 is 35.3 Å². The van der Waals surface area contributed by atoms with Crippen molar-refractivity contribution in [3.05, 3.63) is 0 Å². The smallest absolute Gasteiger partial charge is 0.747 e. The van der Waals surface area contributed by atoms with Crippen molar-refractivity contribution in [3.63, 3.8) is 0 Å². The van der Waals surface area contributed by atoms with E-state index in [1.807, 2.05) is 0 Å². The monoisotopic (exact) mass is 175 g/mol. The van der Waals surface area contributed by atoms with Gasteiger partial charge in [-0.25, -0.2) is 8.42 Å². The summed E-state index contributed by atoms with van der Waals surface area (Å²) in [6.07, 6.45) is 0.856. The summed E-state index contributed by atoms with van der Waals surface area (Å²) < 4.78 is 30.1. The number of hydrogen-bond acceptors (Lipinski definition) is 4. The standard InChI is InChI=1S/C4H11NO3S.Na/c1-2-3-4(5)9(6,7)8;/h4H,2-3,5H2,1H3,(H,6,7,8);/q;+1/p-1. The Morgan fingerprint density at radius 3 is 2.10 bits per heavy atom. The second kappa shape index (κ2) is 5.51. The fraction of sp³-hybridized carbons (Fsp3) is 1.00. The van der Waals surface area contributed by atoms with Crippen LogP contribution in [0.15, 0.2) is 0 Å². The van der Waals surface area contributed by atoms with Crippen molar-refractivity contribution in [2.75, 3.05) is 0 Å². The number of nitrogens with two attached hydrogens (primary N) is 1. The first-order chi connectivity index (χ1) is 3.98. The molecule has 0 aliphatic rings. The molecule has 4 nitrogen and oxygen atoms in total. The van der Waals surface area contributed by atoms with Crippen LogP contribution in [0.1, 0.15) is 19.8 Å². The van der Waals surface area contributed by atoms with Crippen LogP contribution in [0, 0.1) is 0 Å². The maximum absolute atomic E-state index is 10.0. The summed E-state index contributed by atoms with van der Waals surface area (Å²) in [6, 6.07) is 0. The van der Waals surface area contributed by atoms with Crippen LogP contribution in [0.5, 0.6) is 0 Å². The van der Waals surface area contributed by atoms with Crippen molar-refractivity contribution in [2.24, 2.45) is 5.73 Å². The molecule has 0 bridgehead atoms. The molecule has 0 aliphatic heterocycles. The zero-order valence-electron chi connectivity index (χ0n) is 6.20. The van der Waals surface area contributed by atoms with Gasteiger partial charge in [-0.15, -0.1) is 0 Å². The van der Waals surface area contributed by atoms with E-state index in [1.54, 1.807) is 6.92 Å². The predicted octanol–water partition coefficient (Wildman–Crippen LogP) is -3.38. The Kier molecular flexibility index (Phi) is 7.42. The predicted molar refractivity (Wildman–Crippen MR) is 32.6 cm³/mol. The van der Waals surface area contributed by atoms with Gasteiger partial charge in [-0.05, 0) is 6.42 Å². The molecule has 10 heavy (non-hydrogen) atoms. The van der Waals surface area contributed by atoms with Gasteiger partial charge in [0, 0.05) is 0 Å². The third-order valence-corrected chi connectivity index (χ3v) is 1.92. The van der Waals surface area contributed by atoms with Crippen LogP contribution >= 0.6 is 0 Å². The van der Waals surface area contributed by atoms with Crippen molar-refractivity contribution in [3.8, 4) is 0 Å². The average molecular weight is 175 g/mol. The minimum absolute atomic E-state index is 0. The minimum Gasteiger partial charge on any atom is -0.747 e. The van der Waals surface area contributed by atoms with Crippen molar-refractivity contribution in [2.45, 2.75) is 25.1 Å². The molecule has 6 heteroatoms.